The number of aliphatic carboxylic acids is 1. The Hall–Kier alpha value is -2.25. The summed E-state index contributed by atoms with van der Waals surface area (Å²) >= 11 is 1.26. The van der Waals surface area contributed by atoms with Crippen molar-refractivity contribution in [2.45, 2.75) is 18.9 Å². The normalized spacial score (nSPS) is 20.4. The number of hydrogen-bond acceptors (Lipinski definition) is 5. The number of amides is 1. The Bertz CT molecular complexity index is 736. The Kier molecular flexibility index (Phi) is 4.14. The lowest BCUT2D eigenvalue weighted by molar-refractivity contribution is -0.144. The summed E-state index contributed by atoms with van der Waals surface area (Å²) in [7, 11) is 0. The Morgan fingerprint density at radius 3 is 2.70 bits per heavy atom. The van der Waals surface area contributed by atoms with Crippen molar-refractivity contribution in [2.75, 3.05) is 13.2 Å². The second-order valence-corrected chi connectivity index (χ2v) is 6.44. The number of nitrogens with one attached hydrogen (secondary N) is 1. The van der Waals surface area contributed by atoms with Crippen LogP contribution >= 0.6 is 11.3 Å². The zero-order valence-corrected chi connectivity index (χ0v) is 13.4. The zero-order valence-electron chi connectivity index (χ0n) is 12.5. The Morgan fingerprint density at radius 2 is 2.09 bits per heavy atom. The number of hydrogen-bond donors (Lipinski definition) is 2. The van der Waals surface area contributed by atoms with Gasteiger partial charge in [0.05, 0.1) is 12.3 Å². The van der Waals surface area contributed by atoms with Crippen molar-refractivity contribution in [3.63, 3.8) is 0 Å². The van der Waals surface area contributed by atoms with E-state index in [1.165, 1.54) is 11.3 Å². The van der Waals surface area contributed by atoms with Crippen molar-refractivity contribution in [3.8, 4) is 10.6 Å². The van der Waals surface area contributed by atoms with Crippen LogP contribution in [0.25, 0.3) is 10.6 Å². The van der Waals surface area contributed by atoms with Crippen molar-refractivity contribution in [3.05, 3.63) is 40.9 Å². The summed E-state index contributed by atoms with van der Waals surface area (Å²) in [6, 6.07) is 9.56. The third-order valence-electron chi connectivity index (χ3n) is 3.81. The topological polar surface area (TPSA) is 88.5 Å². The summed E-state index contributed by atoms with van der Waals surface area (Å²) in [6.45, 7) is 2.05. The first-order chi connectivity index (χ1) is 11.0. The van der Waals surface area contributed by atoms with Gasteiger partial charge in [0.15, 0.2) is 5.54 Å². The van der Waals surface area contributed by atoms with E-state index in [0.29, 0.717) is 17.2 Å². The van der Waals surface area contributed by atoms with Crippen molar-refractivity contribution in [2.24, 2.45) is 0 Å². The molecule has 120 valence electrons. The maximum Gasteiger partial charge on any atom is 0.331 e. The molecular formula is C16H16N2O4S. The molecule has 1 aromatic carbocycles. The van der Waals surface area contributed by atoms with Crippen LogP contribution in [0, 0.1) is 6.92 Å². The largest absolute Gasteiger partial charge is 0.479 e. The highest BCUT2D eigenvalue weighted by atomic mass is 32.1. The molecule has 7 heteroatoms. The molecule has 1 aromatic heterocycles. The number of benzene rings is 1. The molecule has 1 aliphatic heterocycles. The average Bonchev–Trinajstić information content (AvgIpc) is 3.16. The number of aromatic nitrogens is 1. The number of nitrogens with zero attached hydrogens (tertiary/aromatic N) is 1. The number of thiazole rings is 1. The van der Waals surface area contributed by atoms with Crippen molar-refractivity contribution < 1.29 is 19.4 Å². The maximum atomic E-state index is 12.5. The van der Waals surface area contributed by atoms with Crippen LogP contribution < -0.4 is 5.32 Å². The fraction of sp³-hybridized carbons (Fsp3) is 0.312. The molecule has 1 saturated heterocycles. The molecule has 3 rings (SSSR count). The summed E-state index contributed by atoms with van der Waals surface area (Å²) in [4.78, 5) is 28.9. The van der Waals surface area contributed by atoms with Crippen LogP contribution in [0.1, 0.15) is 21.8 Å². The highest BCUT2D eigenvalue weighted by molar-refractivity contribution is 7.17. The summed E-state index contributed by atoms with van der Waals surface area (Å²) in [5, 5.41) is 12.8. The molecule has 2 N–H and O–H groups in total. The number of carbonyl (C=O) groups excluding carboxylic acids is 1. The standard InChI is InChI=1S/C16H16N2O4S/c1-10-12(23-14(17-10)11-5-3-2-4-6-11)13(19)18-16(15(20)21)7-8-22-9-16/h2-6H,7-9H2,1H3,(H,18,19)(H,20,21). The van der Waals surface area contributed by atoms with E-state index in [1.807, 2.05) is 30.3 Å². The van der Waals surface area contributed by atoms with Gasteiger partial charge in [-0.25, -0.2) is 9.78 Å². The van der Waals surface area contributed by atoms with E-state index in [1.54, 1.807) is 6.92 Å². The van der Waals surface area contributed by atoms with Crippen LogP contribution in [0.4, 0.5) is 0 Å². The van der Waals surface area contributed by atoms with Gasteiger partial charge in [-0.2, -0.15) is 0 Å². The van der Waals surface area contributed by atoms with E-state index >= 15 is 0 Å². The smallest absolute Gasteiger partial charge is 0.331 e. The third kappa shape index (κ3) is 2.97. The molecule has 1 unspecified atom stereocenters. The molecule has 0 bridgehead atoms. The Balaban J connectivity index is 1.86. The fourth-order valence-corrected chi connectivity index (χ4v) is 3.44. The predicted molar refractivity (Wildman–Crippen MR) is 85.6 cm³/mol. The van der Waals surface area contributed by atoms with Gasteiger partial charge < -0.3 is 15.2 Å². The first-order valence-corrected chi connectivity index (χ1v) is 8.00. The summed E-state index contributed by atoms with van der Waals surface area (Å²) in [5.41, 5.74) is 0.169. The highest BCUT2D eigenvalue weighted by Gasteiger charge is 2.44. The minimum Gasteiger partial charge on any atom is -0.479 e. The summed E-state index contributed by atoms with van der Waals surface area (Å²) in [5.74, 6) is -1.50. The van der Waals surface area contributed by atoms with Gasteiger partial charge in [0.2, 0.25) is 0 Å². The highest BCUT2D eigenvalue weighted by Crippen LogP contribution is 2.28. The minimum absolute atomic E-state index is 0.0164. The quantitative estimate of drug-likeness (QED) is 0.895. The van der Waals surface area contributed by atoms with Gasteiger partial charge >= 0.3 is 5.97 Å². The second kappa shape index (κ2) is 6.10. The first kappa shape index (κ1) is 15.6. The zero-order chi connectivity index (χ0) is 16.4. The summed E-state index contributed by atoms with van der Waals surface area (Å²) < 4.78 is 5.16. The lowest BCUT2D eigenvalue weighted by Crippen LogP contribution is -2.55. The third-order valence-corrected chi connectivity index (χ3v) is 5.01. The van der Waals surface area contributed by atoms with Crippen LogP contribution in [0.5, 0.6) is 0 Å². The number of carboxylic acid groups (broad SMARTS) is 1. The number of carbonyl (C=O) groups is 2. The van der Waals surface area contributed by atoms with Gasteiger partial charge in [0.25, 0.3) is 5.91 Å². The predicted octanol–water partition coefficient (Wildman–Crippen LogP) is 2.09. The van der Waals surface area contributed by atoms with E-state index < -0.39 is 17.4 Å². The van der Waals surface area contributed by atoms with E-state index in [4.69, 9.17) is 4.74 Å². The lowest BCUT2D eigenvalue weighted by atomic mass is 9.99. The molecule has 0 aliphatic carbocycles. The van der Waals surface area contributed by atoms with Crippen molar-refractivity contribution in [1.82, 2.24) is 10.3 Å². The van der Waals surface area contributed by atoms with Crippen LogP contribution in [-0.2, 0) is 9.53 Å². The SMILES string of the molecule is Cc1nc(-c2ccccc2)sc1C(=O)NC1(C(=O)O)CCOC1. The molecule has 0 radical (unpaired) electrons. The van der Waals surface area contributed by atoms with Gasteiger partial charge in [-0.15, -0.1) is 11.3 Å². The van der Waals surface area contributed by atoms with Crippen LogP contribution in [0.3, 0.4) is 0 Å². The number of rotatable bonds is 4. The maximum absolute atomic E-state index is 12.5. The Morgan fingerprint density at radius 1 is 1.35 bits per heavy atom. The monoisotopic (exact) mass is 332 g/mol. The molecule has 1 fully saturated rings. The molecule has 1 atom stereocenters. The van der Waals surface area contributed by atoms with E-state index in [9.17, 15) is 14.7 Å². The number of carboxylic acids is 1. The fourth-order valence-electron chi connectivity index (χ4n) is 2.47. The molecule has 23 heavy (non-hydrogen) atoms. The molecule has 1 aliphatic rings. The van der Waals surface area contributed by atoms with Gasteiger partial charge in [0, 0.05) is 18.6 Å². The number of ether oxygens (including phenoxy) is 1. The van der Waals surface area contributed by atoms with E-state index in [2.05, 4.69) is 10.3 Å². The van der Waals surface area contributed by atoms with Crippen molar-refractivity contribution >= 4 is 23.2 Å². The molecule has 6 nitrogen and oxygen atoms in total. The molecule has 2 heterocycles. The molecular weight excluding hydrogens is 316 g/mol. The van der Waals surface area contributed by atoms with E-state index in [0.717, 1.165) is 10.6 Å². The first-order valence-electron chi connectivity index (χ1n) is 7.18. The van der Waals surface area contributed by atoms with Crippen molar-refractivity contribution in [1.29, 1.82) is 0 Å². The van der Waals surface area contributed by atoms with Gasteiger partial charge in [-0.05, 0) is 6.92 Å². The summed E-state index contributed by atoms with van der Waals surface area (Å²) in [6.07, 6.45) is 0.261. The molecule has 0 spiro atoms. The second-order valence-electron chi connectivity index (χ2n) is 5.44. The average molecular weight is 332 g/mol. The van der Waals surface area contributed by atoms with Gasteiger partial charge in [-0.3, -0.25) is 4.79 Å². The Labute approximate surface area is 137 Å². The van der Waals surface area contributed by atoms with Gasteiger partial charge in [-0.1, -0.05) is 30.3 Å². The van der Waals surface area contributed by atoms with Crippen LogP contribution in [0.2, 0.25) is 0 Å². The number of aryl methyl sites for hydroxylation is 1. The molecule has 1 amide bonds. The van der Waals surface area contributed by atoms with E-state index in [-0.39, 0.29) is 13.0 Å². The van der Waals surface area contributed by atoms with Crippen LogP contribution in [-0.4, -0.2) is 40.7 Å². The lowest BCUT2D eigenvalue weighted by Gasteiger charge is -2.23. The van der Waals surface area contributed by atoms with Crippen LogP contribution in [0.15, 0.2) is 30.3 Å². The van der Waals surface area contributed by atoms with Gasteiger partial charge in [0.1, 0.15) is 9.88 Å². The molecule has 0 saturated carbocycles. The molecule has 2 aromatic rings. The minimum atomic E-state index is -1.35.